The lowest BCUT2D eigenvalue weighted by molar-refractivity contribution is -0.153. The third-order valence-electron chi connectivity index (χ3n) is 6.54. The first-order valence-corrected chi connectivity index (χ1v) is 10.7. The highest BCUT2D eigenvalue weighted by atomic mass is 16.5. The number of carbonyl (C=O) groups excluding carboxylic acids is 2. The van der Waals surface area contributed by atoms with Gasteiger partial charge in [0.25, 0.3) is 5.91 Å². The zero-order valence-electron chi connectivity index (χ0n) is 17.1. The van der Waals surface area contributed by atoms with E-state index in [9.17, 15) is 9.59 Å². The van der Waals surface area contributed by atoms with Crippen LogP contribution in [0.15, 0.2) is 24.3 Å². The number of hydrogen-bond acceptors (Lipinski definition) is 5. The number of nitrogens with zero attached hydrogens (tertiary/aromatic N) is 2. The smallest absolute Gasteiger partial charge is 0.251 e. The average molecular weight is 402 g/mol. The maximum atomic E-state index is 12.4. The third-order valence-corrected chi connectivity index (χ3v) is 6.54. The van der Waals surface area contributed by atoms with Crippen LogP contribution in [-0.4, -0.2) is 79.7 Å². The van der Waals surface area contributed by atoms with E-state index in [1.165, 1.54) is 19.3 Å². The van der Waals surface area contributed by atoms with Crippen molar-refractivity contribution in [3.8, 4) is 5.75 Å². The van der Waals surface area contributed by atoms with Crippen molar-refractivity contribution >= 4 is 11.8 Å². The Balaban J connectivity index is 1.26. The van der Waals surface area contributed by atoms with Crippen molar-refractivity contribution in [3.05, 3.63) is 29.8 Å². The van der Waals surface area contributed by atoms with Gasteiger partial charge >= 0.3 is 0 Å². The molecule has 1 aromatic carbocycles. The number of likely N-dealkylation sites (tertiary alicyclic amines) is 1. The van der Waals surface area contributed by atoms with Gasteiger partial charge in [0.1, 0.15) is 12.4 Å². The van der Waals surface area contributed by atoms with Crippen molar-refractivity contribution in [2.24, 2.45) is 0 Å². The summed E-state index contributed by atoms with van der Waals surface area (Å²) in [4.78, 5) is 29.4. The maximum absolute atomic E-state index is 12.4. The van der Waals surface area contributed by atoms with Crippen molar-refractivity contribution < 1.29 is 19.1 Å². The number of benzene rings is 1. The molecule has 1 saturated carbocycles. The summed E-state index contributed by atoms with van der Waals surface area (Å²) in [6.07, 6.45) is 5.92. The number of hydrogen-bond donors (Lipinski definition) is 1. The van der Waals surface area contributed by atoms with E-state index in [1.54, 1.807) is 31.4 Å². The number of methoxy groups -OCH3 is 1. The number of piperidine rings is 1. The van der Waals surface area contributed by atoms with Gasteiger partial charge in [-0.3, -0.25) is 9.59 Å². The minimum Gasteiger partial charge on any atom is -0.497 e. The van der Waals surface area contributed by atoms with Crippen LogP contribution in [-0.2, 0) is 9.53 Å². The second kappa shape index (κ2) is 9.13. The van der Waals surface area contributed by atoms with Crippen molar-refractivity contribution in [3.63, 3.8) is 0 Å². The molecule has 0 radical (unpaired) electrons. The molecule has 1 aliphatic carbocycles. The van der Waals surface area contributed by atoms with Gasteiger partial charge in [-0.25, -0.2) is 0 Å². The Morgan fingerprint density at radius 1 is 1.14 bits per heavy atom. The Bertz CT molecular complexity index is 711. The van der Waals surface area contributed by atoms with E-state index in [1.807, 2.05) is 4.90 Å². The van der Waals surface area contributed by atoms with Crippen LogP contribution in [0.3, 0.4) is 0 Å². The zero-order valence-corrected chi connectivity index (χ0v) is 17.1. The van der Waals surface area contributed by atoms with Crippen LogP contribution in [0, 0.1) is 0 Å². The molecule has 1 atom stereocenters. The van der Waals surface area contributed by atoms with Gasteiger partial charge in [0, 0.05) is 43.8 Å². The fourth-order valence-electron chi connectivity index (χ4n) is 4.49. The van der Waals surface area contributed by atoms with Crippen LogP contribution in [0.1, 0.15) is 42.5 Å². The normalized spacial score (nSPS) is 24.2. The molecule has 0 aromatic heterocycles. The Morgan fingerprint density at radius 2 is 1.86 bits per heavy atom. The molecule has 7 heteroatoms. The number of morpholine rings is 1. The lowest BCUT2D eigenvalue weighted by Gasteiger charge is -2.45. The second-order valence-electron chi connectivity index (χ2n) is 8.27. The van der Waals surface area contributed by atoms with Gasteiger partial charge in [0.15, 0.2) is 0 Å². The first-order chi connectivity index (χ1) is 14.1. The first kappa shape index (κ1) is 20.2. The van der Waals surface area contributed by atoms with Crippen LogP contribution >= 0.6 is 0 Å². The maximum Gasteiger partial charge on any atom is 0.251 e. The van der Waals surface area contributed by atoms with E-state index in [-0.39, 0.29) is 24.5 Å². The summed E-state index contributed by atoms with van der Waals surface area (Å²) in [6, 6.07) is 8.08. The van der Waals surface area contributed by atoms with E-state index < -0.39 is 0 Å². The fraction of sp³-hybridized carbons (Fsp3) is 0.636. The third kappa shape index (κ3) is 4.73. The summed E-state index contributed by atoms with van der Waals surface area (Å²) in [7, 11) is 1.60. The highest BCUT2D eigenvalue weighted by Crippen LogP contribution is 2.29. The zero-order chi connectivity index (χ0) is 20.2. The summed E-state index contributed by atoms with van der Waals surface area (Å²) in [6.45, 7) is 3.22. The van der Waals surface area contributed by atoms with Gasteiger partial charge in [-0.15, -0.1) is 0 Å². The van der Waals surface area contributed by atoms with E-state index in [0.29, 0.717) is 24.7 Å². The van der Waals surface area contributed by atoms with Crippen LogP contribution in [0.25, 0.3) is 0 Å². The number of carbonyl (C=O) groups is 2. The summed E-state index contributed by atoms with van der Waals surface area (Å²) < 4.78 is 10.8. The van der Waals surface area contributed by atoms with E-state index in [0.717, 1.165) is 37.7 Å². The predicted octanol–water partition coefficient (Wildman–Crippen LogP) is 1.67. The van der Waals surface area contributed by atoms with E-state index >= 15 is 0 Å². The molecule has 1 N–H and O–H groups in total. The predicted molar refractivity (Wildman–Crippen MR) is 109 cm³/mol. The fourth-order valence-corrected chi connectivity index (χ4v) is 4.49. The summed E-state index contributed by atoms with van der Waals surface area (Å²) in [5.41, 5.74) is 0.581. The van der Waals surface area contributed by atoms with Gasteiger partial charge in [0.05, 0.1) is 13.2 Å². The number of nitrogens with one attached hydrogen (secondary N) is 1. The Hall–Kier alpha value is -2.12. The van der Waals surface area contributed by atoms with Gasteiger partial charge in [-0.2, -0.15) is 0 Å². The molecule has 3 fully saturated rings. The Morgan fingerprint density at radius 3 is 2.48 bits per heavy atom. The molecule has 158 valence electrons. The lowest BCUT2D eigenvalue weighted by Crippen LogP contribution is -2.57. The van der Waals surface area contributed by atoms with Gasteiger partial charge in [-0.1, -0.05) is 6.42 Å². The van der Waals surface area contributed by atoms with Gasteiger partial charge < -0.3 is 24.6 Å². The van der Waals surface area contributed by atoms with Crippen LogP contribution in [0.5, 0.6) is 5.75 Å². The van der Waals surface area contributed by atoms with Crippen molar-refractivity contribution in [1.82, 2.24) is 15.1 Å². The minimum atomic E-state index is -0.167. The Kier molecular flexibility index (Phi) is 6.35. The Labute approximate surface area is 172 Å². The monoisotopic (exact) mass is 401 g/mol. The summed E-state index contributed by atoms with van der Waals surface area (Å²) in [5.74, 6) is 0.646. The van der Waals surface area contributed by atoms with Crippen molar-refractivity contribution in [1.29, 1.82) is 0 Å². The van der Waals surface area contributed by atoms with Gasteiger partial charge in [0.2, 0.25) is 5.91 Å². The molecular formula is C22H31N3O4. The second-order valence-corrected chi connectivity index (χ2v) is 8.27. The molecule has 2 amide bonds. The first-order valence-electron chi connectivity index (χ1n) is 10.7. The molecule has 0 unspecified atom stereocenters. The van der Waals surface area contributed by atoms with Gasteiger partial charge in [-0.05, 0) is 49.9 Å². The minimum absolute atomic E-state index is 0.0739. The molecule has 4 rings (SSSR count). The largest absolute Gasteiger partial charge is 0.497 e. The van der Waals surface area contributed by atoms with E-state index in [4.69, 9.17) is 9.47 Å². The molecule has 29 heavy (non-hydrogen) atoms. The molecule has 0 spiro atoms. The molecule has 2 heterocycles. The standard InChI is InChI=1S/C22H31N3O4/c1-28-19-7-5-16(6-8-19)22(27)23-13-20-14-25(21(26)15-29-20)18-9-11-24(12-10-18)17-3-2-4-17/h5-8,17-18,20H,2-4,9-15H2,1H3,(H,23,27)/t20-/m1/s1. The quantitative estimate of drug-likeness (QED) is 0.785. The molecule has 2 aliphatic heterocycles. The van der Waals surface area contributed by atoms with Crippen molar-refractivity contribution in [2.75, 3.05) is 39.9 Å². The molecule has 1 aromatic rings. The average Bonchev–Trinajstić information content (AvgIpc) is 2.72. The summed E-state index contributed by atoms with van der Waals surface area (Å²) >= 11 is 0. The number of rotatable bonds is 6. The molecular weight excluding hydrogens is 370 g/mol. The van der Waals surface area contributed by atoms with Crippen LogP contribution in [0.4, 0.5) is 0 Å². The number of amides is 2. The number of ether oxygens (including phenoxy) is 2. The van der Waals surface area contributed by atoms with Crippen LogP contribution < -0.4 is 10.1 Å². The molecule has 3 aliphatic rings. The molecule has 2 saturated heterocycles. The molecule has 0 bridgehead atoms. The van der Waals surface area contributed by atoms with Crippen molar-refractivity contribution in [2.45, 2.75) is 50.3 Å². The summed E-state index contributed by atoms with van der Waals surface area (Å²) in [5, 5.41) is 2.93. The topological polar surface area (TPSA) is 71.1 Å². The highest BCUT2D eigenvalue weighted by Gasteiger charge is 2.35. The highest BCUT2D eigenvalue weighted by molar-refractivity contribution is 5.94. The van der Waals surface area contributed by atoms with E-state index in [2.05, 4.69) is 10.2 Å². The molecule has 7 nitrogen and oxygen atoms in total. The van der Waals surface area contributed by atoms with Crippen LogP contribution in [0.2, 0.25) is 0 Å². The SMILES string of the molecule is COc1ccc(C(=O)NC[C@@H]2CN(C3CCN(C4CCC4)CC3)C(=O)CO2)cc1. The lowest BCUT2D eigenvalue weighted by atomic mass is 9.89.